The van der Waals surface area contributed by atoms with Gasteiger partial charge < -0.3 is 14.8 Å². The lowest BCUT2D eigenvalue weighted by Crippen LogP contribution is -2.48. The highest BCUT2D eigenvalue weighted by Gasteiger charge is 2.28. The smallest absolute Gasteiger partial charge is 0.243 e. The Morgan fingerprint density at radius 2 is 1.67 bits per heavy atom. The molecule has 2 rings (SSSR count). The Labute approximate surface area is 160 Å². The Morgan fingerprint density at radius 3 is 2.22 bits per heavy atom. The van der Waals surface area contributed by atoms with Gasteiger partial charge in [-0.2, -0.15) is 0 Å². The van der Waals surface area contributed by atoms with Gasteiger partial charge in [0.2, 0.25) is 15.9 Å². The summed E-state index contributed by atoms with van der Waals surface area (Å²) in [6.45, 7) is 2.06. The summed E-state index contributed by atoms with van der Waals surface area (Å²) in [5.74, 6) is 0.981. The van der Waals surface area contributed by atoms with E-state index in [0.717, 1.165) is 16.3 Å². The molecule has 0 radical (unpaired) electrons. The van der Waals surface area contributed by atoms with Gasteiger partial charge in [0, 0.05) is 0 Å². The minimum absolute atomic E-state index is 0.252. The van der Waals surface area contributed by atoms with Gasteiger partial charge in [0.25, 0.3) is 0 Å². The van der Waals surface area contributed by atoms with Crippen LogP contribution in [0.3, 0.4) is 0 Å². The van der Waals surface area contributed by atoms with Crippen LogP contribution in [0, 0.1) is 0 Å². The molecule has 0 spiro atoms. The van der Waals surface area contributed by atoms with Crippen LogP contribution in [-0.4, -0.2) is 46.9 Å². The van der Waals surface area contributed by atoms with Crippen LogP contribution in [0.25, 0.3) is 0 Å². The second-order valence-corrected chi connectivity index (χ2v) is 7.74. The lowest BCUT2D eigenvalue weighted by atomic mass is 10.2. The van der Waals surface area contributed by atoms with Crippen molar-refractivity contribution in [1.29, 1.82) is 0 Å². The zero-order chi connectivity index (χ0) is 19.9. The molecule has 1 atom stereocenters. The summed E-state index contributed by atoms with van der Waals surface area (Å²) in [5.41, 5.74) is 0.442. The first-order valence-electron chi connectivity index (χ1n) is 8.42. The molecule has 0 aromatic heterocycles. The van der Waals surface area contributed by atoms with Gasteiger partial charge in [-0.25, -0.2) is 8.42 Å². The minimum Gasteiger partial charge on any atom is -0.497 e. The molecule has 7 nitrogen and oxygen atoms in total. The summed E-state index contributed by atoms with van der Waals surface area (Å²) in [4.78, 5) is 12.4. The fraction of sp³-hybridized carbons (Fsp3) is 0.316. The first kappa shape index (κ1) is 20.6. The van der Waals surface area contributed by atoms with Gasteiger partial charge in [-0.1, -0.05) is 18.2 Å². The maximum Gasteiger partial charge on any atom is 0.243 e. The van der Waals surface area contributed by atoms with E-state index in [9.17, 15) is 13.2 Å². The van der Waals surface area contributed by atoms with E-state index in [1.807, 2.05) is 0 Å². The van der Waals surface area contributed by atoms with Crippen LogP contribution >= 0.6 is 0 Å². The van der Waals surface area contributed by atoms with Crippen molar-refractivity contribution < 1.29 is 22.7 Å². The van der Waals surface area contributed by atoms with Crippen molar-refractivity contribution in [1.82, 2.24) is 5.32 Å². The SMILES string of the molecule is COc1ccc(OCCNC(=O)[C@H](C)N(c2ccccc2)S(C)(=O)=O)cc1. The fourth-order valence-electron chi connectivity index (χ4n) is 2.55. The van der Waals surface area contributed by atoms with Crippen LogP contribution in [0.4, 0.5) is 5.69 Å². The highest BCUT2D eigenvalue weighted by atomic mass is 32.2. The molecule has 0 aliphatic heterocycles. The van der Waals surface area contributed by atoms with Crippen molar-refractivity contribution in [3.05, 3.63) is 54.6 Å². The fourth-order valence-corrected chi connectivity index (χ4v) is 3.72. The topological polar surface area (TPSA) is 84.9 Å². The standard InChI is InChI=1S/C19H24N2O5S/c1-15(21(27(3,23)24)16-7-5-4-6-8-16)19(22)20-13-14-26-18-11-9-17(25-2)10-12-18/h4-12,15H,13-14H2,1-3H3,(H,20,22)/t15-/m0/s1. The zero-order valence-corrected chi connectivity index (χ0v) is 16.4. The summed E-state index contributed by atoms with van der Waals surface area (Å²) in [5, 5.41) is 2.70. The molecule has 0 saturated carbocycles. The molecule has 1 N–H and O–H groups in total. The third-order valence-electron chi connectivity index (χ3n) is 3.83. The number of anilines is 1. The summed E-state index contributed by atoms with van der Waals surface area (Å²) in [6.07, 6.45) is 1.08. The average molecular weight is 392 g/mol. The van der Waals surface area contributed by atoms with Gasteiger partial charge in [-0.05, 0) is 43.3 Å². The van der Waals surface area contributed by atoms with E-state index >= 15 is 0 Å². The maximum atomic E-state index is 12.4. The number of carbonyl (C=O) groups excluding carboxylic acids is 1. The van der Waals surface area contributed by atoms with Crippen molar-refractivity contribution in [3.8, 4) is 11.5 Å². The van der Waals surface area contributed by atoms with Crippen molar-refractivity contribution in [2.24, 2.45) is 0 Å². The Balaban J connectivity index is 1.91. The molecule has 8 heteroatoms. The normalized spacial score (nSPS) is 12.1. The third-order valence-corrected chi connectivity index (χ3v) is 5.07. The number of rotatable bonds is 9. The van der Waals surface area contributed by atoms with E-state index in [1.54, 1.807) is 68.6 Å². The van der Waals surface area contributed by atoms with Gasteiger partial charge in [0.05, 0.1) is 25.6 Å². The second kappa shape index (κ2) is 9.27. The largest absolute Gasteiger partial charge is 0.497 e. The Kier molecular flexibility index (Phi) is 7.06. The molecule has 0 unspecified atom stereocenters. The monoisotopic (exact) mass is 392 g/mol. The molecule has 0 heterocycles. The van der Waals surface area contributed by atoms with Crippen LogP contribution in [0.2, 0.25) is 0 Å². The molecule has 2 aromatic carbocycles. The van der Waals surface area contributed by atoms with Crippen LogP contribution in [0.15, 0.2) is 54.6 Å². The molecule has 0 saturated heterocycles. The molecule has 146 valence electrons. The second-order valence-electron chi connectivity index (χ2n) is 5.89. The number of para-hydroxylation sites is 1. The van der Waals surface area contributed by atoms with Crippen molar-refractivity contribution in [2.45, 2.75) is 13.0 Å². The van der Waals surface area contributed by atoms with E-state index in [2.05, 4.69) is 5.32 Å². The predicted octanol–water partition coefficient (Wildman–Crippen LogP) is 2.04. The molecule has 0 fully saturated rings. The Bertz CT molecular complexity index is 838. The number of nitrogens with zero attached hydrogens (tertiary/aromatic N) is 1. The molecule has 0 bridgehead atoms. The van der Waals surface area contributed by atoms with E-state index in [0.29, 0.717) is 11.4 Å². The number of nitrogens with one attached hydrogen (secondary N) is 1. The van der Waals surface area contributed by atoms with Gasteiger partial charge >= 0.3 is 0 Å². The van der Waals surface area contributed by atoms with Gasteiger partial charge in [0.1, 0.15) is 24.1 Å². The van der Waals surface area contributed by atoms with Crippen LogP contribution in [0.1, 0.15) is 6.92 Å². The number of benzene rings is 2. The lowest BCUT2D eigenvalue weighted by molar-refractivity contribution is -0.121. The number of hydrogen-bond acceptors (Lipinski definition) is 5. The molecule has 2 aromatic rings. The first-order chi connectivity index (χ1) is 12.8. The molecular formula is C19H24N2O5S. The number of carbonyl (C=O) groups is 1. The number of amides is 1. The summed E-state index contributed by atoms with van der Waals surface area (Å²) >= 11 is 0. The van der Waals surface area contributed by atoms with Crippen LogP contribution in [0.5, 0.6) is 11.5 Å². The third kappa shape index (κ3) is 5.89. The van der Waals surface area contributed by atoms with Crippen molar-refractivity contribution >= 4 is 21.6 Å². The summed E-state index contributed by atoms with van der Waals surface area (Å²) in [6, 6.07) is 14.7. The van der Waals surface area contributed by atoms with Gasteiger partial charge in [-0.3, -0.25) is 9.10 Å². The maximum absolute atomic E-state index is 12.4. The number of ether oxygens (including phenoxy) is 2. The van der Waals surface area contributed by atoms with Crippen LogP contribution in [-0.2, 0) is 14.8 Å². The Morgan fingerprint density at radius 1 is 1.07 bits per heavy atom. The highest BCUT2D eigenvalue weighted by molar-refractivity contribution is 7.92. The van der Waals surface area contributed by atoms with E-state index in [4.69, 9.17) is 9.47 Å². The Hall–Kier alpha value is -2.74. The highest BCUT2D eigenvalue weighted by Crippen LogP contribution is 2.20. The van der Waals surface area contributed by atoms with E-state index in [1.165, 1.54) is 0 Å². The molecular weight excluding hydrogens is 368 g/mol. The molecule has 27 heavy (non-hydrogen) atoms. The number of methoxy groups -OCH3 is 1. The van der Waals surface area contributed by atoms with Crippen molar-refractivity contribution in [3.63, 3.8) is 0 Å². The quantitative estimate of drug-likeness (QED) is 0.660. The first-order valence-corrected chi connectivity index (χ1v) is 10.3. The van der Waals surface area contributed by atoms with Crippen LogP contribution < -0.4 is 19.1 Å². The number of hydrogen-bond donors (Lipinski definition) is 1. The molecule has 1 amide bonds. The number of sulfonamides is 1. The average Bonchev–Trinajstić information content (AvgIpc) is 2.65. The molecule has 0 aliphatic rings. The van der Waals surface area contributed by atoms with Gasteiger partial charge in [0.15, 0.2) is 0 Å². The summed E-state index contributed by atoms with van der Waals surface area (Å²) in [7, 11) is -2.03. The predicted molar refractivity (Wildman–Crippen MR) is 105 cm³/mol. The van der Waals surface area contributed by atoms with E-state index in [-0.39, 0.29) is 13.2 Å². The zero-order valence-electron chi connectivity index (χ0n) is 15.6. The van der Waals surface area contributed by atoms with Crippen molar-refractivity contribution in [2.75, 3.05) is 30.8 Å². The van der Waals surface area contributed by atoms with E-state index < -0.39 is 22.0 Å². The molecule has 0 aliphatic carbocycles. The summed E-state index contributed by atoms with van der Waals surface area (Å²) < 4.78 is 36.0. The minimum atomic E-state index is -3.61. The lowest BCUT2D eigenvalue weighted by Gasteiger charge is -2.28. The van der Waals surface area contributed by atoms with Gasteiger partial charge in [-0.15, -0.1) is 0 Å².